The zero-order valence-electron chi connectivity index (χ0n) is 10.4. The normalized spacial score (nSPS) is 10.3. The number of aromatic nitrogens is 1. The van der Waals surface area contributed by atoms with Gasteiger partial charge in [0, 0.05) is 18.3 Å². The third-order valence-corrected chi connectivity index (χ3v) is 2.51. The Balaban J connectivity index is 2.47. The van der Waals surface area contributed by atoms with Crippen LogP contribution < -0.4 is 4.74 Å². The summed E-state index contributed by atoms with van der Waals surface area (Å²) in [7, 11) is 0. The molecule has 2 rings (SSSR count). The highest BCUT2D eigenvalue weighted by molar-refractivity contribution is 5.55. The molecule has 5 nitrogen and oxygen atoms in total. The fourth-order valence-corrected chi connectivity index (χ4v) is 1.77. The number of rotatable bonds is 3. The first-order valence-electron chi connectivity index (χ1n) is 5.52. The topological polar surface area (TPSA) is 65.3 Å². The van der Waals surface area contributed by atoms with E-state index >= 15 is 0 Å². The Morgan fingerprint density at radius 1 is 1.32 bits per heavy atom. The van der Waals surface area contributed by atoms with E-state index in [2.05, 4.69) is 4.98 Å². The Kier molecular flexibility index (Phi) is 3.41. The van der Waals surface area contributed by atoms with Crippen LogP contribution >= 0.6 is 0 Å². The van der Waals surface area contributed by atoms with Crippen molar-refractivity contribution in [3.63, 3.8) is 0 Å². The SMILES string of the molecule is Cc1cc(C)c(Oc2ccnc(F)c2)c([N+](=O)[O-])c1. The monoisotopic (exact) mass is 262 g/mol. The number of aryl methyl sites for hydroxylation is 2. The molecule has 0 N–H and O–H groups in total. The van der Waals surface area contributed by atoms with Crippen LogP contribution in [0.1, 0.15) is 11.1 Å². The Morgan fingerprint density at radius 3 is 2.68 bits per heavy atom. The van der Waals surface area contributed by atoms with Crippen LogP contribution in [0.25, 0.3) is 0 Å². The van der Waals surface area contributed by atoms with Gasteiger partial charge in [-0.25, -0.2) is 4.98 Å². The number of halogens is 1. The highest BCUT2D eigenvalue weighted by Crippen LogP contribution is 2.35. The van der Waals surface area contributed by atoms with Crippen molar-refractivity contribution < 1.29 is 14.1 Å². The van der Waals surface area contributed by atoms with Gasteiger partial charge in [0.05, 0.1) is 4.92 Å². The van der Waals surface area contributed by atoms with Crippen LogP contribution in [0.15, 0.2) is 30.5 Å². The fraction of sp³-hybridized carbons (Fsp3) is 0.154. The summed E-state index contributed by atoms with van der Waals surface area (Å²) in [4.78, 5) is 13.9. The minimum absolute atomic E-state index is 0.112. The average molecular weight is 262 g/mol. The van der Waals surface area contributed by atoms with Crippen LogP contribution in [-0.2, 0) is 0 Å². The summed E-state index contributed by atoms with van der Waals surface area (Å²) in [6.07, 6.45) is 1.24. The van der Waals surface area contributed by atoms with Crippen molar-refractivity contribution in [3.8, 4) is 11.5 Å². The molecule has 2 aromatic rings. The van der Waals surface area contributed by atoms with Gasteiger partial charge >= 0.3 is 5.69 Å². The Morgan fingerprint density at radius 2 is 2.05 bits per heavy atom. The van der Waals surface area contributed by atoms with Crippen LogP contribution in [0.2, 0.25) is 0 Å². The van der Waals surface area contributed by atoms with E-state index in [1.165, 1.54) is 18.3 Å². The molecule has 0 saturated heterocycles. The lowest BCUT2D eigenvalue weighted by molar-refractivity contribution is -0.385. The van der Waals surface area contributed by atoms with Crippen LogP contribution in [0.4, 0.5) is 10.1 Å². The maximum absolute atomic E-state index is 13.0. The predicted octanol–water partition coefficient (Wildman–Crippen LogP) is 3.54. The third-order valence-electron chi connectivity index (χ3n) is 2.51. The fourth-order valence-electron chi connectivity index (χ4n) is 1.77. The predicted molar refractivity (Wildman–Crippen MR) is 66.8 cm³/mol. The van der Waals surface area contributed by atoms with Crippen LogP contribution in [0, 0.1) is 29.9 Å². The molecule has 1 aromatic carbocycles. The quantitative estimate of drug-likeness (QED) is 0.482. The summed E-state index contributed by atoms with van der Waals surface area (Å²) < 4.78 is 18.4. The van der Waals surface area contributed by atoms with Crippen molar-refractivity contribution in [1.29, 1.82) is 0 Å². The summed E-state index contributed by atoms with van der Waals surface area (Å²) in [5, 5.41) is 11.0. The van der Waals surface area contributed by atoms with Gasteiger partial charge in [-0.3, -0.25) is 10.1 Å². The molecule has 1 aromatic heterocycles. The molecule has 0 unspecified atom stereocenters. The van der Waals surface area contributed by atoms with Gasteiger partial charge in [0.25, 0.3) is 0 Å². The van der Waals surface area contributed by atoms with Gasteiger partial charge in [0.15, 0.2) is 0 Å². The lowest BCUT2D eigenvalue weighted by atomic mass is 10.1. The average Bonchev–Trinajstić information content (AvgIpc) is 2.32. The molecular formula is C13H11FN2O3. The summed E-state index contributed by atoms with van der Waals surface area (Å²) in [5.74, 6) is -0.423. The van der Waals surface area contributed by atoms with E-state index < -0.39 is 10.9 Å². The van der Waals surface area contributed by atoms with Gasteiger partial charge in [0.1, 0.15) is 5.75 Å². The van der Waals surface area contributed by atoms with Gasteiger partial charge in [-0.2, -0.15) is 4.39 Å². The second-order valence-corrected chi connectivity index (χ2v) is 4.10. The number of hydrogen-bond donors (Lipinski definition) is 0. The minimum Gasteiger partial charge on any atom is -0.450 e. The van der Waals surface area contributed by atoms with Gasteiger partial charge < -0.3 is 4.74 Å². The summed E-state index contributed by atoms with van der Waals surface area (Å²) in [5.41, 5.74) is 1.23. The first-order chi connectivity index (χ1) is 8.97. The maximum atomic E-state index is 13.0. The molecule has 0 saturated carbocycles. The Hall–Kier alpha value is -2.50. The molecule has 0 radical (unpaired) electrons. The van der Waals surface area contributed by atoms with Crippen LogP contribution in [-0.4, -0.2) is 9.91 Å². The van der Waals surface area contributed by atoms with E-state index in [1.807, 2.05) is 0 Å². The molecule has 0 amide bonds. The summed E-state index contributed by atoms with van der Waals surface area (Å²) >= 11 is 0. The molecule has 0 fully saturated rings. The van der Waals surface area contributed by atoms with Crippen molar-refractivity contribution in [2.24, 2.45) is 0 Å². The van der Waals surface area contributed by atoms with Crippen LogP contribution in [0.5, 0.6) is 11.5 Å². The van der Waals surface area contributed by atoms with E-state index in [0.717, 1.165) is 11.6 Å². The van der Waals surface area contributed by atoms with E-state index in [9.17, 15) is 14.5 Å². The molecule has 19 heavy (non-hydrogen) atoms. The molecule has 98 valence electrons. The van der Waals surface area contributed by atoms with E-state index in [-0.39, 0.29) is 17.2 Å². The highest BCUT2D eigenvalue weighted by Gasteiger charge is 2.19. The first kappa shape index (κ1) is 12.9. The third kappa shape index (κ3) is 2.85. The zero-order valence-corrected chi connectivity index (χ0v) is 10.4. The number of benzene rings is 1. The van der Waals surface area contributed by atoms with E-state index in [1.54, 1.807) is 19.9 Å². The number of hydrogen-bond acceptors (Lipinski definition) is 4. The smallest absolute Gasteiger partial charge is 0.312 e. The van der Waals surface area contributed by atoms with E-state index in [4.69, 9.17) is 4.74 Å². The minimum atomic E-state index is -0.704. The Bertz CT molecular complexity index is 644. The molecule has 1 heterocycles. The standard InChI is InChI=1S/C13H11FN2O3/c1-8-5-9(2)13(11(6-8)16(17)18)19-10-3-4-15-12(14)7-10/h3-7H,1-2H3. The highest BCUT2D eigenvalue weighted by atomic mass is 19.1. The molecule has 0 spiro atoms. The van der Waals surface area contributed by atoms with Gasteiger partial charge in [0.2, 0.25) is 11.7 Å². The summed E-state index contributed by atoms with van der Waals surface area (Å²) in [6.45, 7) is 3.46. The first-order valence-corrected chi connectivity index (χ1v) is 5.52. The number of pyridine rings is 1. The van der Waals surface area contributed by atoms with Gasteiger partial charge in [-0.15, -0.1) is 0 Å². The number of nitro benzene ring substituents is 1. The van der Waals surface area contributed by atoms with Crippen molar-refractivity contribution in [1.82, 2.24) is 4.98 Å². The molecule has 0 aliphatic heterocycles. The largest absolute Gasteiger partial charge is 0.450 e. The van der Waals surface area contributed by atoms with E-state index in [0.29, 0.717) is 5.56 Å². The maximum Gasteiger partial charge on any atom is 0.312 e. The van der Waals surface area contributed by atoms with Crippen molar-refractivity contribution in [2.75, 3.05) is 0 Å². The molecule has 0 atom stereocenters. The molecule has 0 aliphatic carbocycles. The van der Waals surface area contributed by atoms with Crippen molar-refractivity contribution >= 4 is 5.69 Å². The Labute approximate surface area is 108 Å². The van der Waals surface area contributed by atoms with Crippen molar-refractivity contribution in [3.05, 3.63) is 57.7 Å². The van der Waals surface area contributed by atoms with Gasteiger partial charge in [-0.1, -0.05) is 6.07 Å². The number of ether oxygens (including phenoxy) is 1. The molecule has 6 heteroatoms. The van der Waals surface area contributed by atoms with Crippen LogP contribution in [0.3, 0.4) is 0 Å². The number of nitro groups is 1. The zero-order chi connectivity index (χ0) is 14.0. The second-order valence-electron chi connectivity index (χ2n) is 4.10. The summed E-state index contributed by atoms with van der Waals surface area (Å²) in [6, 6.07) is 5.69. The second kappa shape index (κ2) is 5.01. The lowest BCUT2D eigenvalue weighted by Gasteiger charge is -2.09. The molecule has 0 aliphatic rings. The molecular weight excluding hydrogens is 251 g/mol. The van der Waals surface area contributed by atoms with Gasteiger partial charge in [-0.05, 0) is 31.0 Å². The van der Waals surface area contributed by atoms with Crippen molar-refractivity contribution in [2.45, 2.75) is 13.8 Å². The number of nitrogens with zero attached hydrogens (tertiary/aromatic N) is 2. The lowest BCUT2D eigenvalue weighted by Crippen LogP contribution is -1.97. The molecule has 0 bridgehead atoms.